The van der Waals surface area contributed by atoms with Crippen molar-refractivity contribution in [1.29, 1.82) is 0 Å². The predicted molar refractivity (Wildman–Crippen MR) is 74.4 cm³/mol. The zero-order valence-electron chi connectivity index (χ0n) is 11.2. The zero-order valence-corrected chi connectivity index (χ0v) is 11.2. The first kappa shape index (κ1) is 12.4. The van der Waals surface area contributed by atoms with Gasteiger partial charge in [-0.05, 0) is 36.1 Å². The van der Waals surface area contributed by atoms with Crippen molar-refractivity contribution in [2.45, 2.75) is 27.3 Å². The molecule has 0 radical (unpaired) electrons. The average Bonchev–Trinajstić information content (AvgIpc) is 2.68. The van der Waals surface area contributed by atoms with Crippen molar-refractivity contribution in [3.63, 3.8) is 0 Å². The molecule has 1 aliphatic rings. The first-order valence-corrected chi connectivity index (χ1v) is 6.75. The van der Waals surface area contributed by atoms with Crippen molar-refractivity contribution in [3.05, 3.63) is 29.8 Å². The summed E-state index contributed by atoms with van der Waals surface area (Å²) in [4.78, 5) is 2.51. The molecule has 0 aromatic heterocycles. The zero-order chi connectivity index (χ0) is 12.3. The number of hydrogen-bond acceptors (Lipinski definition) is 2. The highest BCUT2D eigenvalue weighted by Gasteiger charge is 2.25. The molecule has 1 aliphatic heterocycles. The molecule has 1 N–H and O–H groups in total. The van der Waals surface area contributed by atoms with Crippen LogP contribution in [0.25, 0.3) is 0 Å². The van der Waals surface area contributed by atoms with Crippen molar-refractivity contribution < 1.29 is 0 Å². The lowest BCUT2D eigenvalue weighted by molar-refractivity contribution is 0.494. The van der Waals surface area contributed by atoms with Crippen LogP contribution in [-0.4, -0.2) is 19.6 Å². The number of benzene rings is 1. The number of hydrogen-bond donors (Lipinski definition) is 1. The van der Waals surface area contributed by atoms with Crippen LogP contribution in [0.5, 0.6) is 0 Å². The highest BCUT2D eigenvalue weighted by Crippen LogP contribution is 2.27. The molecule has 94 valence electrons. The smallest absolute Gasteiger partial charge is 0.0366 e. The number of anilines is 1. The van der Waals surface area contributed by atoms with Gasteiger partial charge in [0, 0.05) is 25.3 Å². The second kappa shape index (κ2) is 5.54. The molecule has 1 fully saturated rings. The van der Waals surface area contributed by atoms with Gasteiger partial charge in [0.2, 0.25) is 0 Å². The van der Waals surface area contributed by atoms with Crippen LogP contribution in [0.15, 0.2) is 24.3 Å². The molecule has 2 rings (SSSR count). The lowest BCUT2D eigenvalue weighted by atomic mass is 10.0. The van der Waals surface area contributed by atoms with Crippen LogP contribution in [0.2, 0.25) is 0 Å². The normalized spacial score (nSPS) is 24.3. The molecule has 1 aromatic rings. The summed E-state index contributed by atoms with van der Waals surface area (Å²) in [7, 11) is 0. The lowest BCUT2D eigenvalue weighted by Gasteiger charge is -2.18. The van der Waals surface area contributed by atoms with Crippen LogP contribution in [-0.2, 0) is 6.54 Å². The Labute approximate surface area is 105 Å². The van der Waals surface area contributed by atoms with E-state index in [9.17, 15) is 0 Å². The standard InChI is InChI=1S/C15H24N2/c1-4-16-9-14-5-7-15(8-6-14)17-10-12(2)13(3)11-17/h5-8,12-13,16H,4,9-11H2,1-3H3. The van der Waals surface area contributed by atoms with Crippen molar-refractivity contribution in [3.8, 4) is 0 Å². The van der Waals surface area contributed by atoms with E-state index in [0.717, 1.165) is 24.9 Å². The van der Waals surface area contributed by atoms with Crippen LogP contribution < -0.4 is 10.2 Å². The average molecular weight is 232 g/mol. The first-order valence-electron chi connectivity index (χ1n) is 6.75. The molecule has 2 heteroatoms. The van der Waals surface area contributed by atoms with Gasteiger partial charge in [-0.25, -0.2) is 0 Å². The van der Waals surface area contributed by atoms with E-state index in [1.165, 1.54) is 24.3 Å². The van der Waals surface area contributed by atoms with Crippen LogP contribution in [0.4, 0.5) is 5.69 Å². The second-order valence-corrected chi connectivity index (χ2v) is 5.31. The van der Waals surface area contributed by atoms with E-state index in [4.69, 9.17) is 0 Å². The van der Waals surface area contributed by atoms with E-state index in [-0.39, 0.29) is 0 Å². The monoisotopic (exact) mass is 232 g/mol. The minimum atomic E-state index is 0.816. The van der Waals surface area contributed by atoms with Crippen LogP contribution in [0.1, 0.15) is 26.3 Å². The van der Waals surface area contributed by atoms with Gasteiger partial charge in [0.05, 0.1) is 0 Å². The molecule has 2 nitrogen and oxygen atoms in total. The van der Waals surface area contributed by atoms with Gasteiger partial charge >= 0.3 is 0 Å². The van der Waals surface area contributed by atoms with Crippen LogP contribution in [0.3, 0.4) is 0 Å². The van der Waals surface area contributed by atoms with Gasteiger partial charge in [0.1, 0.15) is 0 Å². The van der Waals surface area contributed by atoms with E-state index in [0.29, 0.717) is 0 Å². The molecule has 2 unspecified atom stereocenters. The summed E-state index contributed by atoms with van der Waals surface area (Å²) in [6, 6.07) is 9.01. The third kappa shape index (κ3) is 3.01. The molecular weight excluding hydrogens is 208 g/mol. The molecule has 2 atom stereocenters. The van der Waals surface area contributed by atoms with Gasteiger partial charge in [-0.3, -0.25) is 0 Å². The van der Waals surface area contributed by atoms with Crippen LogP contribution >= 0.6 is 0 Å². The Morgan fingerprint density at radius 3 is 2.24 bits per heavy atom. The van der Waals surface area contributed by atoms with Crippen molar-refractivity contribution in [1.82, 2.24) is 5.32 Å². The van der Waals surface area contributed by atoms with Gasteiger partial charge < -0.3 is 10.2 Å². The van der Waals surface area contributed by atoms with E-state index >= 15 is 0 Å². The first-order chi connectivity index (χ1) is 8.20. The fourth-order valence-electron chi connectivity index (χ4n) is 2.43. The molecule has 0 saturated carbocycles. The lowest BCUT2D eigenvalue weighted by Crippen LogP contribution is -2.19. The van der Waals surface area contributed by atoms with Crippen molar-refractivity contribution >= 4 is 5.69 Å². The molecule has 0 bridgehead atoms. The SMILES string of the molecule is CCNCc1ccc(N2CC(C)C(C)C2)cc1. The molecule has 0 amide bonds. The molecule has 17 heavy (non-hydrogen) atoms. The highest BCUT2D eigenvalue weighted by molar-refractivity contribution is 5.48. The molecule has 0 spiro atoms. The van der Waals surface area contributed by atoms with Gasteiger partial charge in [-0.15, -0.1) is 0 Å². The third-order valence-corrected chi connectivity index (χ3v) is 3.87. The summed E-state index contributed by atoms with van der Waals surface area (Å²) in [5, 5.41) is 3.35. The van der Waals surface area contributed by atoms with E-state index in [2.05, 4.69) is 55.3 Å². The second-order valence-electron chi connectivity index (χ2n) is 5.31. The van der Waals surface area contributed by atoms with Gasteiger partial charge in [0.15, 0.2) is 0 Å². The summed E-state index contributed by atoms with van der Waals surface area (Å²) in [5.41, 5.74) is 2.75. The molecular formula is C15H24N2. The van der Waals surface area contributed by atoms with Crippen molar-refractivity contribution in [2.75, 3.05) is 24.5 Å². The summed E-state index contributed by atoms with van der Waals surface area (Å²) in [6.45, 7) is 11.3. The third-order valence-electron chi connectivity index (χ3n) is 3.87. The molecule has 0 aliphatic carbocycles. The Hall–Kier alpha value is -1.02. The number of nitrogens with zero attached hydrogens (tertiary/aromatic N) is 1. The fraction of sp³-hybridized carbons (Fsp3) is 0.600. The van der Waals surface area contributed by atoms with Crippen molar-refractivity contribution in [2.24, 2.45) is 11.8 Å². The Morgan fingerprint density at radius 2 is 1.71 bits per heavy atom. The summed E-state index contributed by atoms with van der Waals surface area (Å²) >= 11 is 0. The molecule has 1 aromatic carbocycles. The number of rotatable bonds is 4. The van der Waals surface area contributed by atoms with E-state index in [1.54, 1.807) is 0 Å². The highest BCUT2D eigenvalue weighted by atomic mass is 15.2. The Kier molecular flexibility index (Phi) is 4.06. The Morgan fingerprint density at radius 1 is 1.12 bits per heavy atom. The summed E-state index contributed by atoms with van der Waals surface area (Å²) in [5.74, 6) is 1.63. The Balaban J connectivity index is 1.98. The number of nitrogens with one attached hydrogen (secondary N) is 1. The maximum absolute atomic E-state index is 3.35. The minimum Gasteiger partial charge on any atom is -0.371 e. The minimum absolute atomic E-state index is 0.816. The largest absolute Gasteiger partial charge is 0.371 e. The van der Waals surface area contributed by atoms with Gasteiger partial charge in [-0.2, -0.15) is 0 Å². The van der Waals surface area contributed by atoms with Gasteiger partial charge in [0.25, 0.3) is 0 Å². The van der Waals surface area contributed by atoms with E-state index in [1.807, 2.05) is 0 Å². The summed E-state index contributed by atoms with van der Waals surface area (Å²) < 4.78 is 0. The summed E-state index contributed by atoms with van der Waals surface area (Å²) in [6.07, 6.45) is 0. The maximum atomic E-state index is 3.35. The quantitative estimate of drug-likeness (QED) is 0.858. The van der Waals surface area contributed by atoms with Crippen LogP contribution in [0, 0.1) is 11.8 Å². The molecule has 1 heterocycles. The maximum Gasteiger partial charge on any atom is 0.0366 e. The topological polar surface area (TPSA) is 15.3 Å². The Bertz CT molecular complexity index is 334. The fourth-order valence-corrected chi connectivity index (χ4v) is 2.43. The van der Waals surface area contributed by atoms with Gasteiger partial charge in [-0.1, -0.05) is 32.9 Å². The predicted octanol–water partition coefficient (Wildman–Crippen LogP) is 2.89. The molecule has 1 saturated heterocycles. The van der Waals surface area contributed by atoms with E-state index < -0.39 is 0 Å².